The van der Waals surface area contributed by atoms with Crippen molar-refractivity contribution in [3.05, 3.63) is 24.2 Å². The SMILES string of the molecule is CCNc1snnc1CN1CCN(c2ncccn2)CC1. The fourth-order valence-corrected chi connectivity index (χ4v) is 3.02. The first-order valence-corrected chi connectivity index (χ1v) is 7.93. The Bertz CT molecular complexity index is 551. The van der Waals surface area contributed by atoms with Crippen LogP contribution in [0.1, 0.15) is 12.6 Å². The number of anilines is 2. The molecule has 21 heavy (non-hydrogen) atoms. The zero-order valence-electron chi connectivity index (χ0n) is 12.1. The molecule has 0 aliphatic carbocycles. The van der Waals surface area contributed by atoms with Crippen molar-refractivity contribution in [2.24, 2.45) is 0 Å². The minimum absolute atomic E-state index is 0.820. The second kappa shape index (κ2) is 6.77. The van der Waals surface area contributed by atoms with Crippen molar-refractivity contribution in [1.82, 2.24) is 24.5 Å². The highest BCUT2D eigenvalue weighted by Gasteiger charge is 2.20. The maximum absolute atomic E-state index is 4.31. The Labute approximate surface area is 128 Å². The zero-order valence-corrected chi connectivity index (χ0v) is 12.9. The molecule has 0 unspecified atom stereocenters. The van der Waals surface area contributed by atoms with Gasteiger partial charge in [0.15, 0.2) is 0 Å². The summed E-state index contributed by atoms with van der Waals surface area (Å²) in [6.45, 7) is 7.69. The fourth-order valence-electron chi connectivity index (χ4n) is 2.38. The number of rotatable bonds is 5. The predicted octanol–water partition coefficient (Wildman–Crippen LogP) is 1.08. The summed E-state index contributed by atoms with van der Waals surface area (Å²) >= 11 is 1.43. The third-order valence-electron chi connectivity index (χ3n) is 3.47. The molecule has 0 atom stereocenters. The van der Waals surface area contributed by atoms with Crippen molar-refractivity contribution in [3.63, 3.8) is 0 Å². The first-order valence-electron chi connectivity index (χ1n) is 7.16. The number of piperazine rings is 1. The number of nitrogens with zero attached hydrogens (tertiary/aromatic N) is 6. The van der Waals surface area contributed by atoms with Crippen LogP contribution in [0.2, 0.25) is 0 Å². The van der Waals surface area contributed by atoms with E-state index in [1.165, 1.54) is 11.5 Å². The lowest BCUT2D eigenvalue weighted by atomic mass is 10.3. The van der Waals surface area contributed by atoms with Gasteiger partial charge in [-0.15, -0.1) is 5.10 Å². The van der Waals surface area contributed by atoms with Crippen LogP contribution in [0.3, 0.4) is 0 Å². The Morgan fingerprint density at radius 1 is 1.19 bits per heavy atom. The summed E-state index contributed by atoms with van der Waals surface area (Å²) in [5.41, 5.74) is 1.05. The van der Waals surface area contributed by atoms with E-state index in [4.69, 9.17) is 0 Å². The highest BCUT2D eigenvalue weighted by atomic mass is 32.1. The average Bonchev–Trinajstić information content (AvgIpc) is 2.96. The molecule has 2 aromatic rings. The molecule has 2 aromatic heterocycles. The molecule has 0 saturated carbocycles. The van der Waals surface area contributed by atoms with Crippen molar-refractivity contribution in [3.8, 4) is 0 Å². The maximum atomic E-state index is 4.31. The standard InChI is InChI=1S/C13H19N7S/c1-2-14-12-11(17-18-21-12)10-19-6-8-20(9-7-19)13-15-4-3-5-16-13/h3-5,14H,2,6-10H2,1H3. The van der Waals surface area contributed by atoms with Crippen LogP contribution in [0.4, 0.5) is 10.9 Å². The van der Waals surface area contributed by atoms with Gasteiger partial charge in [-0.3, -0.25) is 4.90 Å². The molecule has 3 rings (SSSR count). The number of aromatic nitrogens is 4. The Morgan fingerprint density at radius 3 is 2.67 bits per heavy atom. The van der Waals surface area contributed by atoms with E-state index < -0.39 is 0 Å². The van der Waals surface area contributed by atoms with Crippen LogP contribution >= 0.6 is 11.5 Å². The Hall–Kier alpha value is -1.80. The molecule has 1 N–H and O–H groups in total. The van der Waals surface area contributed by atoms with Crippen molar-refractivity contribution in [2.75, 3.05) is 42.9 Å². The molecule has 1 aliphatic rings. The largest absolute Gasteiger partial charge is 0.374 e. The Morgan fingerprint density at radius 2 is 1.95 bits per heavy atom. The molecule has 8 heteroatoms. The number of nitrogens with one attached hydrogen (secondary N) is 1. The van der Waals surface area contributed by atoms with E-state index in [2.05, 4.69) is 41.6 Å². The van der Waals surface area contributed by atoms with Gasteiger partial charge >= 0.3 is 0 Å². The molecular weight excluding hydrogens is 286 g/mol. The van der Waals surface area contributed by atoms with Crippen LogP contribution in [-0.2, 0) is 6.54 Å². The summed E-state index contributed by atoms with van der Waals surface area (Å²) in [5.74, 6) is 0.820. The minimum atomic E-state index is 0.820. The van der Waals surface area contributed by atoms with Gasteiger partial charge in [0.1, 0.15) is 10.7 Å². The van der Waals surface area contributed by atoms with E-state index in [0.29, 0.717) is 0 Å². The van der Waals surface area contributed by atoms with Gasteiger partial charge in [0.05, 0.1) is 0 Å². The fraction of sp³-hybridized carbons (Fsp3) is 0.538. The van der Waals surface area contributed by atoms with Gasteiger partial charge in [0.2, 0.25) is 5.95 Å². The van der Waals surface area contributed by atoms with E-state index in [1.54, 1.807) is 12.4 Å². The van der Waals surface area contributed by atoms with Crippen LogP contribution < -0.4 is 10.2 Å². The monoisotopic (exact) mass is 305 g/mol. The second-order valence-electron chi connectivity index (χ2n) is 4.89. The van der Waals surface area contributed by atoms with E-state index >= 15 is 0 Å². The van der Waals surface area contributed by atoms with Crippen molar-refractivity contribution < 1.29 is 0 Å². The summed E-state index contributed by atoms with van der Waals surface area (Å²) in [7, 11) is 0. The molecule has 3 heterocycles. The first-order chi connectivity index (χ1) is 10.4. The maximum Gasteiger partial charge on any atom is 0.225 e. The second-order valence-corrected chi connectivity index (χ2v) is 5.65. The highest BCUT2D eigenvalue weighted by Crippen LogP contribution is 2.20. The van der Waals surface area contributed by atoms with Gasteiger partial charge in [-0.25, -0.2) is 9.97 Å². The normalized spacial score (nSPS) is 16.1. The zero-order chi connectivity index (χ0) is 14.5. The number of hydrogen-bond donors (Lipinski definition) is 1. The quantitative estimate of drug-likeness (QED) is 0.886. The molecule has 112 valence electrons. The molecule has 7 nitrogen and oxygen atoms in total. The summed E-state index contributed by atoms with van der Waals surface area (Å²) < 4.78 is 4.04. The first kappa shape index (κ1) is 14.2. The van der Waals surface area contributed by atoms with Gasteiger partial charge < -0.3 is 10.2 Å². The molecule has 0 spiro atoms. The summed E-state index contributed by atoms with van der Waals surface area (Å²) in [6, 6.07) is 1.84. The Balaban J connectivity index is 1.55. The van der Waals surface area contributed by atoms with Gasteiger partial charge in [-0.1, -0.05) is 4.49 Å². The molecule has 1 fully saturated rings. The van der Waals surface area contributed by atoms with E-state index in [-0.39, 0.29) is 0 Å². The Kier molecular flexibility index (Phi) is 4.56. The van der Waals surface area contributed by atoms with Crippen LogP contribution in [0.25, 0.3) is 0 Å². The van der Waals surface area contributed by atoms with Crippen LogP contribution in [0.15, 0.2) is 18.5 Å². The lowest BCUT2D eigenvalue weighted by Crippen LogP contribution is -2.46. The molecule has 0 amide bonds. The lowest BCUT2D eigenvalue weighted by Gasteiger charge is -2.34. The average molecular weight is 305 g/mol. The van der Waals surface area contributed by atoms with Gasteiger partial charge in [-0.05, 0) is 13.0 Å². The summed E-state index contributed by atoms with van der Waals surface area (Å²) in [6.07, 6.45) is 3.58. The summed E-state index contributed by atoms with van der Waals surface area (Å²) in [5, 5.41) is 8.64. The highest BCUT2D eigenvalue weighted by molar-refractivity contribution is 7.10. The van der Waals surface area contributed by atoms with Crippen LogP contribution in [0.5, 0.6) is 0 Å². The molecule has 1 aliphatic heterocycles. The molecule has 0 radical (unpaired) electrons. The lowest BCUT2D eigenvalue weighted by molar-refractivity contribution is 0.246. The number of hydrogen-bond acceptors (Lipinski definition) is 8. The molecule has 1 saturated heterocycles. The third-order valence-corrected chi connectivity index (χ3v) is 4.20. The van der Waals surface area contributed by atoms with E-state index in [0.717, 1.165) is 55.9 Å². The van der Waals surface area contributed by atoms with Gasteiger partial charge in [0.25, 0.3) is 0 Å². The van der Waals surface area contributed by atoms with E-state index in [1.807, 2.05) is 6.07 Å². The topological polar surface area (TPSA) is 70.1 Å². The van der Waals surface area contributed by atoms with Gasteiger partial charge in [-0.2, -0.15) is 0 Å². The van der Waals surface area contributed by atoms with Crippen molar-refractivity contribution in [1.29, 1.82) is 0 Å². The van der Waals surface area contributed by atoms with Gasteiger partial charge in [0, 0.05) is 63.2 Å². The predicted molar refractivity (Wildman–Crippen MR) is 83.6 cm³/mol. The van der Waals surface area contributed by atoms with E-state index in [9.17, 15) is 0 Å². The van der Waals surface area contributed by atoms with Crippen LogP contribution in [0, 0.1) is 0 Å². The van der Waals surface area contributed by atoms with Crippen molar-refractivity contribution in [2.45, 2.75) is 13.5 Å². The smallest absolute Gasteiger partial charge is 0.225 e. The summed E-state index contributed by atoms with van der Waals surface area (Å²) in [4.78, 5) is 13.2. The van der Waals surface area contributed by atoms with Crippen molar-refractivity contribution >= 4 is 22.5 Å². The van der Waals surface area contributed by atoms with Crippen LogP contribution in [-0.4, -0.2) is 57.2 Å². The third kappa shape index (κ3) is 3.45. The minimum Gasteiger partial charge on any atom is -0.374 e. The molecular formula is C13H19N7S. The molecule has 0 aromatic carbocycles. The molecule has 0 bridgehead atoms.